The molecule has 2 N–H and O–H groups in total. The van der Waals surface area contributed by atoms with Crippen molar-refractivity contribution < 1.29 is 0 Å². The molecule has 1 saturated carbocycles. The fourth-order valence-electron chi connectivity index (χ4n) is 1.98. The van der Waals surface area contributed by atoms with E-state index in [0.29, 0.717) is 0 Å². The summed E-state index contributed by atoms with van der Waals surface area (Å²) in [5, 5.41) is 0. The number of hydrogen-bond acceptors (Lipinski definition) is 1. The molecule has 1 atom stereocenters. The average Bonchev–Trinajstić information content (AvgIpc) is 2.06. The van der Waals surface area contributed by atoms with Crippen LogP contribution < -0.4 is 5.73 Å². The van der Waals surface area contributed by atoms with Gasteiger partial charge in [-0.1, -0.05) is 24.6 Å². The average molecular weight is 301 g/mol. The monoisotopic (exact) mass is 301 g/mol. The van der Waals surface area contributed by atoms with Crippen LogP contribution in [0.2, 0.25) is 0 Å². The van der Waals surface area contributed by atoms with Crippen molar-refractivity contribution in [2.75, 3.05) is 0 Å². The topological polar surface area (TPSA) is 26.0 Å². The third-order valence-electron chi connectivity index (χ3n) is 3.24. The van der Waals surface area contributed by atoms with Crippen molar-refractivity contribution in [3.63, 3.8) is 0 Å². The van der Waals surface area contributed by atoms with E-state index >= 15 is 0 Å². The third-order valence-corrected chi connectivity index (χ3v) is 4.71. The molecule has 2 heteroatoms. The summed E-state index contributed by atoms with van der Waals surface area (Å²) in [6.45, 7) is 2.15. The van der Waals surface area contributed by atoms with E-state index in [1.807, 2.05) is 0 Å². The van der Waals surface area contributed by atoms with Crippen molar-refractivity contribution in [3.05, 3.63) is 32.9 Å². The fraction of sp³-hybridized carbons (Fsp3) is 0.500. The van der Waals surface area contributed by atoms with E-state index in [1.165, 1.54) is 34.0 Å². The highest BCUT2D eigenvalue weighted by atomic mass is 127. The van der Waals surface area contributed by atoms with E-state index in [0.717, 1.165) is 5.92 Å². The van der Waals surface area contributed by atoms with Gasteiger partial charge in [0.1, 0.15) is 0 Å². The third kappa shape index (κ3) is 1.82. The van der Waals surface area contributed by atoms with Crippen molar-refractivity contribution in [2.24, 2.45) is 11.7 Å². The molecule has 1 aliphatic carbocycles. The summed E-state index contributed by atoms with van der Waals surface area (Å²) in [4.78, 5) is 0. The summed E-state index contributed by atoms with van der Waals surface area (Å²) in [6, 6.07) is 6.71. The molecular weight excluding hydrogens is 285 g/mol. The Hall–Kier alpha value is -0.0900. The quantitative estimate of drug-likeness (QED) is 0.833. The maximum atomic E-state index is 6.27. The summed E-state index contributed by atoms with van der Waals surface area (Å²) < 4.78 is 1.35. The van der Waals surface area contributed by atoms with Crippen LogP contribution in [0.3, 0.4) is 0 Å². The number of halogens is 1. The Labute approximate surface area is 99.2 Å². The molecule has 0 aromatic heterocycles. The maximum absolute atomic E-state index is 6.27. The Kier molecular flexibility index (Phi) is 3.12. The molecule has 0 saturated heterocycles. The van der Waals surface area contributed by atoms with Crippen molar-refractivity contribution in [1.82, 2.24) is 0 Å². The summed E-state index contributed by atoms with van der Waals surface area (Å²) in [5.74, 6) is 0.727. The molecule has 1 nitrogen and oxygen atoms in total. The van der Waals surface area contributed by atoms with Crippen LogP contribution in [0.1, 0.15) is 36.4 Å². The van der Waals surface area contributed by atoms with Gasteiger partial charge >= 0.3 is 0 Å². The van der Waals surface area contributed by atoms with Crippen LogP contribution in [0.4, 0.5) is 0 Å². The van der Waals surface area contributed by atoms with Gasteiger partial charge in [-0.25, -0.2) is 0 Å². The van der Waals surface area contributed by atoms with Crippen molar-refractivity contribution in [3.8, 4) is 0 Å². The number of benzene rings is 1. The second-order valence-electron chi connectivity index (χ2n) is 4.19. The van der Waals surface area contributed by atoms with Gasteiger partial charge in [-0.15, -0.1) is 0 Å². The molecule has 0 amide bonds. The maximum Gasteiger partial charge on any atom is 0.0334 e. The zero-order valence-corrected chi connectivity index (χ0v) is 10.6. The Morgan fingerprint density at radius 1 is 1.43 bits per heavy atom. The molecular formula is C12H16IN. The first kappa shape index (κ1) is 10.4. The lowest BCUT2D eigenvalue weighted by Crippen LogP contribution is -2.27. The van der Waals surface area contributed by atoms with Crippen LogP contribution in [-0.4, -0.2) is 0 Å². The number of rotatable bonds is 2. The van der Waals surface area contributed by atoms with Crippen molar-refractivity contribution in [2.45, 2.75) is 32.2 Å². The van der Waals surface area contributed by atoms with E-state index < -0.39 is 0 Å². The Balaban J connectivity index is 2.26. The van der Waals surface area contributed by atoms with Gasteiger partial charge in [0.15, 0.2) is 0 Å². The normalized spacial score (nSPS) is 19.1. The van der Waals surface area contributed by atoms with Gasteiger partial charge in [-0.3, -0.25) is 0 Å². The number of aryl methyl sites for hydroxylation is 1. The highest BCUT2D eigenvalue weighted by Gasteiger charge is 2.26. The summed E-state index contributed by atoms with van der Waals surface area (Å²) in [7, 11) is 0. The van der Waals surface area contributed by atoms with Crippen LogP contribution in [0.15, 0.2) is 18.2 Å². The molecule has 0 spiro atoms. The van der Waals surface area contributed by atoms with Crippen LogP contribution >= 0.6 is 22.6 Å². The number of nitrogens with two attached hydrogens (primary N) is 1. The molecule has 0 heterocycles. The van der Waals surface area contributed by atoms with Crippen LogP contribution in [-0.2, 0) is 0 Å². The summed E-state index contributed by atoms with van der Waals surface area (Å²) in [5.41, 5.74) is 8.95. The van der Waals surface area contributed by atoms with Gasteiger partial charge < -0.3 is 5.73 Å². The number of hydrogen-bond donors (Lipinski definition) is 1. The predicted molar refractivity (Wildman–Crippen MR) is 68.2 cm³/mol. The smallest absolute Gasteiger partial charge is 0.0334 e. The second-order valence-corrected chi connectivity index (χ2v) is 5.27. The lowest BCUT2D eigenvalue weighted by atomic mass is 9.77. The lowest BCUT2D eigenvalue weighted by molar-refractivity contribution is 0.264. The first-order chi connectivity index (χ1) is 6.70. The Morgan fingerprint density at radius 2 is 2.14 bits per heavy atom. The van der Waals surface area contributed by atoms with E-state index in [2.05, 4.69) is 47.7 Å². The second kappa shape index (κ2) is 4.19. The molecule has 2 rings (SSSR count). The van der Waals surface area contributed by atoms with Crippen LogP contribution in [0.5, 0.6) is 0 Å². The minimum Gasteiger partial charge on any atom is -0.324 e. The highest BCUT2D eigenvalue weighted by molar-refractivity contribution is 14.1. The van der Waals surface area contributed by atoms with Crippen molar-refractivity contribution >= 4 is 22.6 Å². The Bertz CT molecular complexity index is 331. The van der Waals surface area contributed by atoms with Crippen LogP contribution in [0, 0.1) is 16.4 Å². The van der Waals surface area contributed by atoms with E-state index in [1.54, 1.807) is 0 Å². The Morgan fingerprint density at radius 3 is 2.71 bits per heavy atom. The van der Waals surface area contributed by atoms with E-state index in [9.17, 15) is 0 Å². The predicted octanol–water partition coefficient (Wildman–Crippen LogP) is 3.40. The highest BCUT2D eigenvalue weighted by Crippen LogP contribution is 2.37. The largest absolute Gasteiger partial charge is 0.324 e. The van der Waals surface area contributed by atoms with Gasteiger partial charge in [-0.05, 0) is 59.4 Å². The first-order valence-electron chi connectivity index (χ1n) is 5.20. The molecule has 0 radical (unpaired) electrons. The zero-order chi connectivity index (χ0) is 10.1. The SMILES string of the molecule is Cc1cccc(C(N)C2CCC2)c1I. The molecule has 76 valence electrons. The lowest BCUT2D eigenvalue weighted by Gasteiger charge is -2.32. The van der Waals surface area contributed by atoms with Gasteiger partial charge in [0.25, 0.3) is 0 Å². The van der Waals surface area contributed by atoms with Gasteiger partial charge in [0.05, 0.1) is 0 Å². The van der Waals surface area contributed by atoms with Crippen molar-refractivity contribution in [1.29, 1.82) is 0 Å². The summed E-state index contributed by atoms with van der Waals surface area (Å²) >= 11 is 2.41. The molecule has 1 fully saturated rings. The first-order valence-corrected chi connectivity index (χ1v) is 6.28. The fourth-order valence-corrected chi connectivity index (χ4v) is 2.70. The zero-order valence-electron chi connectivity index (χ0n) is 8.46. The molecule has 0 aliphatic heterocycles. The molecule has 14 heavy (non-hydrogen) atoms. The molecule has 1 unspecified atom stereocenters. The van der Waals surface area contributed by atoms with E-state index in [4.69, 9.17) is 5.73 Å². The minimum atomic E-state index is 0.260. The van der Waals surface area contributed by atoms with E-state index in [-0.39, 0.29) is 6.04 Å². The van der Waals surface area contributed by atoms with Gasteiger partial charge in [0, 0.05) is 9.61 Å². The standard InChI is InChI=1S/C12H16IN/c1-8-4-2-7-10(11(8)13)12(14)9-5-3-6-9/h2,4,7,9,12H,3,5-6,14H2,1H3. The van der Waals surface area contributed by atoms with Crippen LogP contribution in [0.25, 0.3) is 0 Å². The molecule has 1 aliphatic rings. The minimum absolute atomic E-state index is 0.260. The summed E-state index contributed by atoms with van der Waals surface area (Å²) in [6.07, 6.45) is 3.98. The van der Waals surface area contributed by atoms with Gasteiger partial charge in [-0.2, -0.15) is 0 Å². The van der Waals surface area contributed by atoms with Gasteiger partial charge in [0.2, 0.25) is 0 Å². The molecule has 0 bridgehead atoms. The molecule has 1 aromatic rings. The molecule has 1 aromatic carbocycles.